The number of carbonyl (C=O) groups is 1. The number of hydrogen-bond acceptors (Lipinski definition) is 3. The molecule has 0 aliphatic heterocycles. The van der Waals surface area contributed by atoms with Crippen LogP contribution in [0.2, 0.25) is 0 Å². The Balaban J connectivity index is 1.47. The Morgan fingerprint density at radius 3 is 2.61 bits per heavy atom. The largest absolute Gasteiger partial charge is 0.360 e. The van der Waals surface area contributed by atoms with Gasteiger partial charge in [0.2, 0.25) is 0 Å². The second kappa shape index (κ2) is 9.06. The van der Waals surface area contributed by atoms with Gasteiger partial charge in [-0.2, -0.15) is 0 Å². The fourth-order valence-corrected chi connectivity index (χ4v) is 3.55. The molecule has 4 aromatic rings. The molecule has 7 heteroatoms. The van der Waals surface area contributed by atoms with Gasteiger partial charge >= 0.3 is 0 Å². The zero-order valence-corrected chi connectivity index (χ0v) is 16.7. The summed E-state index contributed by atoms with van der Waals surface area (Å²) in [4.78, 5) is 19.9. The molecule has 0 radical (unpaired) electrons. The summed E-state index contributed by atoms with van der Waals surface area (Å²) in [6.07, 6.45) is 6.14. The third-order valence-corrected chi connectivity index (χ3v) is 5.19. The lowest BCUT2D eigenvalue weighted by Crippen LogP contribution is -2.28. The fourth-order valence-electron chi connectivity index (χ4n) is 3.55. The fraction of sp³-hybridized carbons (Fsp3) is 0.167. The molecular formula is C24H21F2N3O2. The lowest BCUT2D eigenvalue weighted by atomic mass is 10.0. The molecule has 31 heavy (non-hydrogen) atoms. The first-order chi connectivity index (χ1) is 15.0. The minimum absolute atomic E-state index is 0.00146. The van der Waals surface area contributed by atoms with E-state index in [1.165, 1.54) is 17.8 Å². The molecule has 0 saturated heterocycles. The lowest BCUT2D eigenvalue weighted by molar-refractivity contribution is -0.0657. The van der Waals surface area contributed by atoms with Gasteiger partial charge in [-0.3, -0.25) is 10.0 Å². The van der Waals surface area contributed by atoms with E-state index >= 15 is 0 Å². The first-order valence-electron chi connectivity index (χ1n) is 9.96. The molecule has 0 bridgehead atoms. The molecular weight excluding hydrogens is 400 g/mol. The van der Waals surface area contributed by atoms with E-state index in [2.05, 4.69) is 22.1 Å². The Labute approximate surface area is 177 Å². The summed E-state index contributed by atoms with van der Waals surface area (Å²) in [6, 6.07) is 14.8. The number of fused-ring (bicyclic) bond motifs is 1. The zero-order valence-electron chi connectivity index (χ0n) is 16.7. The van der Waals surface area contributed by atoms with Crippen molar-refractivity contribution in [2.75, 3.05) is 0 Å². The zero-order chi connectivity index (χ0) is 21.8. The number of halogens is 2. The number of pyridine rings is 1. The molecule has 2 aromatic carbocycles. The van der Waals surface area contributed by atoms with Crippen molar-refractivity contribution in [3.8, 4) is 0 Å². The number of hydroxylamine groups is 2. The highest BCUT2D eigenvalue weighted by molar-refractivity contribution is 5.96. The van der Waals surface area contributed by atoms with E-state index in [0.717, 1.165) is 41.8 Å². The van der Waals surface area contributed by atoms with Crippen LogP contribution in [0, 0.1) is 11.6 Å². The standard InChI is InChI=1S/C24H21F2N3O2/c25-19-10-9-18(21(26)11-19)15-29(31)24(30)22-12-20-17(13-27-23(20)14-28-22)8-4-7-16-5-2-1-3-6-16/h1-3,5-6,9-14,27,31H,4,7-8,15H2. The smallest absolute Gasteiger partial charge is 0.296 e. The summed E-state index contributed by atoms with van der Waals surface area (Å²) in [5, 5.41) is 11.4. The molecule has 2 aromatic heterocycles. The van der Waals surface area contributed by atoms with Crippen LogP contribution in [-0.4, -0.2) is 26.1 Å². The van der Waals surface area contributed by atoms with Gasteiger partial charge in [-0.05, 0) is 42.5 Å². The maximum atomic E-state index is 13.8. The van der Waals surface area contributed by atoms with Gasteiger partial charge in [0, 0.05) is 23.2 Å². The first kappa shape index (κ1) is 20.7. The Kier molecular flexibility index (Phi) is 6.04. The molecule has 2 heterocycles. The number of rotatable bonds is 7. The van der Waals surface area contributed by atoms with Crippen LogP contribution >= 0.6 is 0 Å². The van der Waals surface area contributed by atoms with Crippen LogP contribution in [0.3, 0.4) is 0 Å². The molecule has 0 aliphatic carbocycles. The first-order valence-corrected chi connectivity index (χ1v) is 9.96. The van der Waals surface area contributed by atoms with Gasteiger partial charge in [0.25, 0.3) is 5.91 Å². The second-order valence-corrected chi connectivity index (χ2v) is 7.37. The molecule has 4 rings (SSSR count). The number of aromatic amines is 1. The predicted octanol–water partition coefficient (Wildman–Crippen LogP) is 5.05. The lowest BCUT2D eigenvalue weighted by Gasteiger charge is -2.15. The highest BCUT2D eigenvalue weighted by Gasteiger charge is 2.19. The summed E-state index contributed by atoms with van der Waals surface area (Å²) in [5.41, 5.74) is 3.16. The monoisotopic (exact) mass is 421 g/mol. The minimum Gasteiger partial charge on any atom is -0.360 e. The van der Waals surface area contributed by atoms with Gasteiger partial charge in [0.1, 0.15) is 17.3 Å². The average Bonchev–Trinajstić information content (AvgIpc) is 3.18. The molecule has 0 fully saturated rings. The molecule has 0 aliphatic rings. The van der Waals surface area contributed by atoms with Gasteiger partial charge in [0.05, 0.1) is 18.3 Å². The summed E-state index contributed by atoms with van der Waals surface area (Å²) >= 11 is 0. The normalized spacial score (nSPS) is 11.1. The molecule has 2 N–H and O–H groups in total. The molecule has 158 valence electrons. The summed E-state index contributed by atoms with van der Waals surface area (Å²) < 4.78 is 26.9. The van der Waals surface area contributed by atoms with Crippen LogP contribution in [-0.2, 0) is 19.4 Å². The number of carbonyl (C=O) groups excluding carboxylic acids is 1. The molecule has 0 atom stereocenters. The van der Waals surface area contributed by atoms with Crippen molar-refractivity contribution < 1.29 is 18.8 Å². The number of H-pyrrole nitrogens is 1. The van der Waals surface area contributed by atoms with Crippen molar-refractivity contribution in [1.82, 2.24) is 15.0 Å². The van der Waals surface area contributed by atoms with E-state index in [0.29, 0.717) is 11.1 Å². The van der Waals surface area contributed by atoms with Gasteiger partial charge in [-0.15, -0.1) is 0 Å². The minimum atomic E-state index is -0.832. The van der Waals surface area contributed by atoms with Gasteiger partial charge in [-0.1, -0.05) is 36.4 Å². The number of aromatic nitrogens is 2. The van der Waals surface area contributed by atoms with Gasteiger partial charge in [0.15, 0.2) is 0 Å². The second-order valence-electron chi connectivity index (χ2n) is 7.37. The van der Waals surface area contributed by atoms with Crippen molar-refractivity contribution in [3.05, 3.63) is 101 Å². The van der Waals surface area contributed by atoms with E-state index in [-0.39, 0.29) is 11.3 Å². The van der Waals surface area contributed by atoms with Crippen molar-refractivity contribution in [2.45, 2.75) is 25.8 Å². The molecule has 1 amide bonds. The van der Waals surface area contributed by atoms with Crippen LogP contribution in [0.25, 0.3) is 10.9 Å². The molecule has 5 nitrogen and oxygen atoms in total. The SMILES string of the molecule is O=C(c1cc2c(CCCc3ccccc3)c[nH]c2cn1)N(O)Cc1ccc(F)cc1F. The van der Waals surface area contributed by atoms with Crippen molar-refractivity contribution in [1.29, 1.82) is 0 Å². The number of amides is 1. The van der Waals surface area contributed by atoms with Crippen LogP contribution < -0.4 is 0 Å². The maximum Gasteiger partial charge on any atom is 0.296 e. The van der Waals surface area contributed by atoms with Crippen LogP contribution in [0.15, 0.2) is 67.0 Å². The predicted molar refractivity (Wildman–Crippen MR) is 113 cm³/mol. The Hall–Kier alpha value is -3.58. The average molecular weight is 421 g/mol. The maximum absolute atomic E-state index is 13.8. The summed E-state index contributed by atoms with van der Waals surface area (Å²) in [7, 11) is 0. The van der Waals surface area contributed by atoms with E-state index in [1.54, 1.807) is 6.07 Å². The van der Waals surface area contributed by atoms with Gasteiger partial charge < -0.3 is 4.98 Å². The topological polar surface area (TPSA) is 69.2 Å². The third kappa shape index (κ3) is 4.78. The Morgan fingerprint density at radius 2 is 1.84 bits per heavy atom. The van der Waals surface area contributed by atoms with Crippen molar-refractivity contribution in [2.24, 2.45) is 0 Å². The number of nitrogens with zero attached hydrogens (tertiary/aromatic N) is 2. The highest BCUT2D eigenvalue weighted by atomic mass is 19.1. The van der Waals surface area contributed by atoms with E-state index < -0.39 is 24.1 Å². The number of hydrogen-bond donors (Lipinski definition) is 2. The quantitative estimate of drug-likeness (QED) is 0.324. The van der Waals surface area contributed by atoms with Crippen LogP contribution in [0.1, 0.15) is 33.6 Å². The third-order valence-electron chi connectivity index (χ3n) is 5.19. The molecule has 0 saturated carbocycles. The molecule has 0 unspecified atom stereocenters. The van der Waals surface area contributed by atoms with E-state index in [1.807, 2.05) is 24.4 Å². The van der Waals surface area contributed by atoms with Gasteiger partial charge in [-0.25, -0.2) is 18.8 Å². The Bertz CT molecular complexity index is 1210. The van der Waals surface area contributed by atoms with Crippen LogP contribution in [0.4, 0.5) is 8.78 Å². The van der Waals surface area contributed by atoms with E-state index in [4.69, 9.17) is 0 Å². The highest BCUT2D eigenvalue weighted by Crippen LogP contribution is 2.21. The van der Waals surface area contributed by atoms with Crippen molar-refractivity contribution >= 4 is 16.8 Å². The van der Waals surface area contributed by atoms with E-state index in [9.17, 15) is 18.8 Å². The number of aryl methyl sites for hydroxylation is 2. The number of benzene rings is 2. The summed E-state index contributed by atoms with van der Waals surface area (Å²) in [6.45, 7) is -0.415. The summed E-state index contributed by atoms with van der Waals surface area (Å²) in [5.74, 6) is -2.32. The van der Waals surface area contributed by atoms with Crippen LogP contribution in [0.5, 0.6) is 0 Å². The number of nitrogens with one attached hydrogen (secondary N) is 1. The molecule has 0 spiro atoms. The Morgan fingerprint density at radius 1 is 1.03 bits per heavy atom. The van der Waals surface area contributed by atoms with Crippen molar-refractivity contribution in [3.63, 3.8) is 0 Å².